The van der Waals surface area contributed by atoms with Crippen LogP contribution in [0.2, 0.25) is 0 Å². The maximum Gasteiger partial charge on any atom is 0.266 e. The third-order valence-corrected chi connectivity index (χ3v) is 6.44. The Morgan fingerprint density at radius 2 is 1.75 bits per heavy atom. The highest BCUT2D eigenvalue weighted by Gasteiger charge is 2.33. The molecule has 36 heavy (non-hydrogen) atoms. The highest BCUT2D eigenvalue weighted by atomic mass is 32.2. The van der Waals surface area contributed by atoms with Crippen molar-refractivity contribution in [1.82, 2.24) is 4.90 Å². The van der Waals surface area contributed by atoms with Crippen molar-refractivity contribution < 1.29 is 14.3 Å². The molecule has 1 heterocycles. The van der Waals surface area contributed by atoms with Crippen LogP contribution < -0.4 is 9.47 Å². The van der Waals surface area contributed by atoms with E-state index in [1.54, 1.807) is 11.0 Å². The molecular formula is C29H27N3O3S. The molecule has 0 aromatic heterocycles. The Morgan fingerprint density at radius 1 is 1.00 bits per heavy atom. The van der Waals surface area contributed by atoms with Crippen LogP contribution in [-0.2, 0) is 11.4 Å². The van der Waals surface area contributed by atoms with E-state index >= 15 is 0 Å². The van der Waals surface area contributed by atoms with Gasteiger partial charge in [0.2, 0.25) is 0 Å². The topological polar surface area (TPSA) is 74.9 Å². The Hall–Kier alpha value is -4.02. The monoisotopic (exact) mass is 497 g/mol. The van der Waals surface area contributed by atoms with Crippen LogP contribution in [0.4, 0.5) is 5.69 Å². The maximum atomic E-state index is 13.3. The molecule has 1 amide bonds. The number of carbonyl (C=O) groups is 1. The zero-order chi connectivity index (χ0) is 25.3. The van der Waals surface area contributed by atoms with Crippen molar-refractivity contribution in [1.29, 1.82) is 5.26 Å². The molecule has 6 nitrogen and oxygen atoms in total. The van der Waals surface area contributed by atoms with Crippen LogP contribution in [0.1, 0.15) is 37.0 Å². The first kappa shape index (κ1) is 25.1. The fourth-order valence-electron chi connectivity index (χ4n) is 3.69. The van der Waals surface area contributed by atoms with Gasteiger partial charge < -0.3 is 9.47 Å². The number of carbonyl (C=O) groups excluding carboxylic acids is 1. The lowest BCUT2D eigenvalue weighted by atomic mass is 10.1. The molecule has 1 aliphatic rings. The highest BCUT2D eigenvalue weighted by molar-refractivity contribution is 8.18. The van der Waals surface area contributed by atoms with E-state index < -0.39 is 0 Å². The zero-order valence-corrected chi connectivity index (χ0v) is 21.1. The predicted octanol–water partition coefficient (Wildman–Crippen LogP) is 6.55. The van der Waals surface area contributed by atoms with Crippen LogP contribution in [-0.4, -0.2) is 29.1 Å². The summed E-state index contributed by atoms with van der Waals surface area (Å²) in [6, 6.07) is 24.7. The summed E-state index contributed by atoms with van der Waals surface area (Å²) < 4.78 is 11.6. The Bertz CT molecular complexity index is 1330. The lowest BCUT2D eigenvalue weighted by Crippen LogP contribution is -2.29. The highest BCUT2D eigenvalue weighted by Crippen LogP contribution is 2.36. The first-order chi connectivity index (χ1) is 17.6. The van der Waals surface area contributed by atoms with E-state index in [-0.39, 0.29) is 12.5 Å². The van der Waals surface area contributed by atoms with Crippen LogP contribution in [0.25, 0.3) is 6.08 Å². The molecule has 1 fully saturated rings. The second-order valence-corrected chi connectivity index (χ2v) is 8.99. The average molecular weight is 498 g/mol. The van der Waals surface area contributed by atoms with E-state index in [2.05, 4.69) is 6.07 Å². The van der Waals surface area contributed by atoms with Crippen molar-refractivity contribution in [2.75, 3.05) is 13.2 Å². The average Bonchev–Trinajstić information content (AvgIpc) is 3.18. The quantitative estimate of drug-likeness (QED) is 0.313. The molecule has 1 saturated heterocycles. The van der Waals surface area contributed by atoms with Gasteiger partial charge in [0.1, 0.15) is 18.1 Å². The van der Waals surface area contributed by atoms with Gasteiger partial charge in [-0.2, -0.15) is 5.26 Å². The molecular weight excluding hydrogens is 470 g/mol. The molecule has 182 valence electrons. The van der Waals surface area contributed by atoms with Crippen LogP contribution in [0, 0.1) is 11.3 Å². The molecule has 3 aromatic carbocycles. The van der Waals surface area contributed by atoms with Crippen molar-refractivity contribution in [2.24, 2.45) is 4.99 Å². The van der Waals surface area contributed by atoms with E-state index in [0.29, 0.717) is 34.5 Å². The standard InChI is InChI=1S/C29H27N3O3S/c1-3-17-32-28(33)27(36-29(32)31-24-13-15-25(16-14-24)34-4-2)18-21-9-7-8-12-26(21)35-20-23-11-6-5-10-22(23)19-30/h5-16,18H,3-4,17,20H2,1-2H3. The number of hydrogen-bond acceptors (Lipinski definition) is 6. The smallest absolute Gasteiger partial charge is 0.266 e. The Labute approximate surface area is 215 Å². The number of amides is 1. The van der Waals surface area contributed by atoms with Gasteiger partial charge in [-0.15, -0.1) is 0 Å². The lowest BCUT2D eigenvalue weighted by Gasteiger charge is -2.14. The van der Waals surface area contributed by atoms with E-state index in [4.69, 9.17) is 14.5 Å². The number of hydrogen-bond donors (Lipinski definition) is 0. The van der Waals surface area contributed by atoms with E-state index in [1.165, 1.54) is 11.8 Å². The Morgan fingerprint density at radius 3 is 2.50 bits per heavy atom. The third kappa shape index (κ3) is 5.96. The summed E-state index contributed by atoms with van der Waals surface area (Å²) in [6.45, 7) is 5.43. The molecule has 0 saturated carbocycles. The zero-order valence-electron chi connectivity index (χ0n) is 20.3. The summed E-state index contributed by atoms with van der Waals surface area (Å²) in [5.41, 5.74) is 2.95. The van der Waals surface area contributed by atoms with Gasteiger partial charge in [0, 0.05) is 17.7 Å². The SMILES string of the molecule is CCCN1C(=O)C(=Cc2ccccc2OCc2ccccc2C#N)SC1=Nc1ccc(OCC)cc1. The Kier molecular flexibility index (Phi) is 8.43. The predicted molar refractivity (Wildman–Crippen MR) is 144 cm³/mol. The van der Waals surface area contributed by atoms with Gasteiger partial charge in [-0.3, -0.25) is 9.69 Å². The number of para-hydroxylation sites is 1. The lowest BCUT2D eigenvalue weighted by molar-refractivity contribution is -0.122. The summed E-state index contributed by atoms with van der Waals surface area (Å²) >= 11 is 1.36. The summed E-state index contributed by atoms with van der Waals surface area (Å²) in [6.07, 6.45) is 2.67. The number of nitriles is 1. The number of rotatable bonds is 9. The number of nitrogens with zero attached hydrogens (tertiary/aromatic N) is 3. The molecule has 7 heteroatoms. The van der Waals surface area contributed by atoms with Gasteiger partial charge in [0.25, 0.3) is 5.91 Å². The second-order valence-electron chi connectivity index (χ2n) is 7.98. The van der Waals surface area contributed by atoms with Crippen molar-refractivity contribution in [3.63, 3.8) is 0 Å². The van der Waals surface area contributed by atoms with Gasteiger partial charge in [-0.25, -0.2) is 4.99 Å². The van der Waals surface area contributed by atoms with Crippen molar-refractivity contribution >= 4 is 34.6 Å². The van der Waals surface area contributed by atoms with Crippen molar-refractivity contribution in [3.05, 3.63) is 94.4 Å². The van der Waals surface area contributed by atoms with Crippen LogP contribution in [0.5, 0.6) is 11.5 Å². The Balaban J connectivity index is 1.58. The second kappa shape index (κ2) is 12.1. The number of aliphatic imine (C=N–C) groups is 1. The van der Waals surface area contributed by atoms with E-state index in [0.717, 1.165) is 29.0 Å². The largest absolute Gasteiger partial charge is 0.494 e. The first-order valence-electron chi connectivity index (χ1n) is 11.9. The molecule has 1 aliphatic heterocycles. The normalized spacial score (nSPS) is 15.4. The van der Waals surface area contributed by atoms with Gasteiger partial charge in [-0.05, 0) is 67.6 Å². The van der Waals surface area contributed by atoms with Gasteiger partial charge in [0.15, 0.2) is 5.17 Å². The summed E-state index contributed by atoms with van der Waals surface area (Å²) in [5, 5.41) is 10.00. The molecule has 0 atom stereocenters. The summed E-state index contributed by atoms with van der Waals surface area (Å²) in [5.74, 6) is 1.36. The van der Waals surface area contributed by atoms with Crippen molar-refractivity contribution in [3.8, 4) is 17.6 Å². The van der Waals surface area contributed by atoms with Crippen molar-refractivity contribution in [2.45, 2.75) is 26.9 Å². The maximum absolute atomic E-state index is 13.3. The molecule has 0 spiro atoms. The number of ether oxygens (including phenoxy) is 2. The number of thioether (sulfide) groups is 1. The fourth-order valence-corrected chi connectivity index (χ4v) is 4.70. The minimum Gasteiger partial charge on any atom is -0.494 e. The van der Waals surface area contributed by atoms with Gasteiger partial charge in [0.05, 0.1) is 28.8 Å². The van der Waals surface area contributed by atoms with Crippen LogP contribution in [0.15, 0.2) is 82.7 Å². The fraction of sp³-hybridized carbons (Fsp3) is 0.207. The minimum atomic E-state index is -0.0730. The molecule has 3 aromatic rings. The molecule has 0 aliphatic carbocycles. The molecule has 0 unspecified atom stereocenters. The van der Waals surface area contributed by atoms with Crippen LogP contribution >= 0.6 is 11.8 Å². The third-order valence-electron chi connectivity index (χ3n) is 5.43. The van der Waals surface area contributed by atoms with E-state index in [1.807, 2.05) is 86.7 Å². The van der Waals surface area contributed by atoms with Gasteiger partial charge in [-0.1, -0.05) is 43.3 Å². The van der Waals surface area contributed by atoms with Crippen LogP contribution in [0.3, 0.4) is 0 Å². The number of benzene rings is 3. The number of amidine groups is 1. The van der Waals surface area contributed by atoms with Gasteiger partial charge >= 0.3 is 0 Å². The summed E-state index contributed by atoms with van der Waals surface area (Å²) in [4.78, 5) is 20.3. The minimum absolute atomic E-state index is 0.0730. The molecule has 0 bridgehead atoms. The summed E-state index contributed by atoms with van der Waals surface area (Å²) in [7, 11) is 0. The molecule has 0 N–H and O–H groups in total. The molecule has 4 rings (SSSR count). The van der Waals surface area contributed by atoms with E-state index in [9.17, 15) is 10.1 Å². The first-order valence-corrected chi connectivity index (χ1v) is 12.7. The molecule has 0 radical (unpaired) electrons.